The van der Waals surface area contributed by atoms with E-state index in [-0.39, 0.29) is 17.1 Å². The van der Waals surface area contributed by atoms with Gasteiger partial charge in [0.15, 0.2) is 5.69 Å². The second kappa shape index (κ2) is 5.60. The van der Waals surface area contributed by atoms with E-state index in [1.807, 2.05) is 0 Å². The summed E-state index contributed by atoms with van der Waals surface area (Å²) in [5, 5.41) is 12.8. The molecule has 0 amide bonds. The second-order valence-electron chi connectivity index (χ2n) is 3.63. The lowest BCUT2D eigenvalue weighted by Gasteiger charge is -2.07. The van der Waals surface area contributed by atoms with E-state index in [0.29, 0.717) is 6.54 Å². The van der Waals surface area contributed by atoms with Gasteiger partial charge in [0.1, 0.15) is 11.0 Å². The highest BCUT2D eigenvalue weighted by Crippen LogP contribution is 2.11. The average molecular weight is 277 g/mol. The summed E-state index contributed by atoms with van der Waals surface area (Å²) in [6, 6.07) is 6.34. The van der Waals surface area contributed by atoms with Crippen LogP contribution in [0.4, 0.5) is 0 Å². The van der Waals surface area contributed by atoms with Crippen molar-refractivity contribution in [3.8, 4) is 6.07 Å². The summed E-state index contributed by atoms with van der Waals surface area (Å²) in [7, 11) is -3.73. The maximum Gasteiger partial charge on any atom is 0.243 e. The molecule has 7 nitrogen and oxygen atoms in total. The van der Waals surface area contributed by atoms with E-state index in [1.165, 1.54) is 18.3 Å². The lowest BCUT2D eigenvalue weighted by Crippen LogP contribution is -2.28. The molecule has 0 radical (unpaired) electrons. The third-order valence-electron chi connectivity index (χ3n) is 2.36. The highest BCUT2D eigenvalue weighted by atomic mass is 32.2. The molecule has 0 atom stereocenters. The molecule has 8 heteroatoms. The molecule has 0 aliphatic carbocycles. The average Bonchev–Trinajstić information content (AvgIpc) is 2.91. The van der Waals surface area contributed by atoms with Crippen molar-refractivity contribution in [2.75, 3.05) is 6.54 Å². The van der Waals surface area contributed by atoms with E-state index < -0.39 is 10.0 Å². The highest BCUT2D eigenvalue weighted by molar-refractivity contribution is 7.89. The number of hydrogen-bond donors (Lipinski definition) is 1. The van der Waals surface area contributed by atoms with Crippen molar-refractivity contribution in [1.29, 1.82) is 5.26 Å². The van der Waals surface area contributed by atoms with E-state index in [1.54, 1.807) is 29.2 Å². The van der Waals surface area contributed by atoms with Crippen molar-refractivity contribution in [3.05, 3.63) is 42.5 Å². The Morgan fingerprint density at radius 3 is 2.89 bits per heavy atom. The van der Waals surface area contributed by atoms with Gasteiger partial charge in [-0.25, -0.2) is 18.1 Å². The minimum Gasteiger partial charge on any atom is -0.271 e. The van der Waals surface area contributed by atoms with Gasteiger partial charge in [-0.2, -0.15) is 10.4 Å². The molecular weight excluding hydrogens is 266 g/mol. The molecule has 98 valence electrons. The number of aromatic nitrogens is 3. The number of nitrogens with zero attached hydrogens (tertiary/aromatic N) is 4. The summed E-state index contributed by atoms with van der Waals surface area (Å²) in [4.78, 5) is 3.61. The van der Waals surface area contributed by atoms with Gasteiger partial charge in [0, 0.05) is 25.1 Å². The first-order valence-corrected chi connectivity index (χ1v) is 6.94. The maximum atomic E-state index is 12.0. The van der Waals surface area contributed by atoms with Gasteiger partial charge >= 0.3 is 0 Å². The zero-order chi connectivity index (χ0) is 13.7. The van der Waals surface area contributed by atoms with E-state index in [0.717, 1.165) is 0 Å². The minimum atomic E-state index is -3.73. The molecule has 19 heavy (non-hydrogen) atoms. The number of nitrogens with one attached hydrogen (secondary N) is 1. The molecule has 0 bridgehead atoms. The van der Waals surface area contributed by atoms with Gasteiger partial charge < -0.3 is 0 Å². The highest BCUT2D eigenvalue weighted by Gasteiger charge is 2.18. The fourth-order valence-corrected chi connectivity index (χ4v) is 2.62. The van der Waals surface area contributed by atoms with Gasteiger partial charge in [0.05, 0.1) is 6.54 Å². The van der Waals surface area contributed by atoms with Crippen LogP contribution in [-0.2, 0) is 16.6 Å². The summed E-state index contributed by atoms with van der Waals surface area (Å²) in [5.41, 5.74) is -0.117. The molecule has 0 saturated heterocycles. The Labute approximate surface area is 110 Å². The van der Waals surface area contributed by atoms with Crippen LogP contribution in [0, 0.1) is 11.3 Å². The Hall–Kier alpha value is -2.24. The number of sulfonamides is 1. The van der Waals surface area contributed by atoms with Crippen LogP contribution >= 0.6 is 0 Å². The summed E-state index contributed by atoms with van der Waals surface area (Å²) in [6.45, 7) is 0.595. The van der Waals surface area contributed by atoms with Gasteiger partial charge in [0.2, 0.25) is 10.0 Å². The topological polar surface area (TPSA) is 101 Å². The lowest BCUT2D eigenvalue weighted by atomic mass is 10.4. The van der Waals surface area contributed by atoms with Crippen LogP contribution in [0.5, 0.6) is 0 Å². The molecule has 0 spiro atoms. The van der Waals surface area contributed by atoms with Crippen molar-refractivity contribution in [2.45, 2.75) is 11.4 Å². The summed E-state index contributed by atoms with van der Waals surface area (Å²) < 4.78 is 28.0. The third-order valence-corrected chi connectivity index (χ3v) is 3.85. The van der Waals surface area contributed by atoms with Crippen LogP contribution in [0.1, 0.15) is 5.69 Å². The molecule has 0 aliphatic heterocycles. The molecule has 0 aliphatic rings. The fraction of sp³-hybridized carbons (Fsp3) is 0.182. The van der Waals surface area contributed by atoms with Gasteiger partial charge in [-0.1, -0.05) is 0 Å². The van der Waals surface area contributed by atoms with Gasteiger partial charge in [-0.3, -0.25) is 4.68 Å². The van der Waals surface area contributed by atoms with E-state index in [9.17, 15) is 8.42 Å². The Bertz CT molecular complexity index is 688. The van der Waals surface area contributed by atoms with Gasteiger partial charge in [-0.05, 0) is 18.2 Å². The van der Waals surface area contributed by atoms with Crippen LogP contribution in [0.15, 0.2) is 41.7 Å². The molecule has 0 aromatic carbocycles. The minimum absolute atomic E-state index is 0.113. The first-order valence-electron chi connectivity index (χ1n) is 5.46. The molecule has 0 fully saturated rings. The van der Waals surface area contributed by atoms with Gasteiger partial charge in [0.25, 0.3) is 0 Å². The largest absolute Gasteiger partial charge is 0.271 e. The molecule has 2 aromatic heterocycles. The monoisotopic (exact) mass is 277 g/mol. The first kappa shape index (κ1) is 13.2. The Balaban J connectivity index is 2.08. The molecular formula is C11H11N5O2S. The summed E-state index contributed by atoms with van der Waals surface area (Å²) >= 11 is 0. The molecule has 0 unspecified atom stereocenters. The zero-order valence-corrected chi connectivity index (χ0v) is 10.7. The van der Waals surface area contributed by atoms with Crippen molar-refractivity contribution in [2.24, 2.45) is 0 Å². The van der Waals surface area contributed by atoms with Crippen molar-refractivity contribution in [1.82, 2.24) is 19.5 Å². The number of rotatable bonds is 5. The van der Waals surface area contributed by atoms with Crippen molar-refractivity contribution >= 4 is 10.0 Å². The summed E-state index contributed by atoms with van der Waals surface area (Å²) in [5.74, 6) is 0. The first-order chi connectivity index (χ1) is 9.13. The van der Waals surface area contributed by atoms with Crippen LogP contribution in [0.2, 0.25) is 0 Å². The third kappa shape index (κ3) is 3.15. The van der Waals surface area contributed by atoms with Crippen molar-refractivity contribution < 1.29 is 8.42 Å². The Morgan fingerprint density at radius 2 is 2.21 bits per heavy atom. The number of nitriles is 1. The van der Waals surface area contributed by atoms with Crippen molar-refractivity contribution in [3.63, 3.8) is 0 Å². The predicted octanol–water partition coefficient (Wildman–Crippen LogP) is 0.128. The van der Waals surface area contributed by atoms with E-state index >= 15 is 0 Å². The van der Waals surface area contributed by atoms with Crippen LogP contribution in [-0.4, -0.2) is 29.7 Å². The van der Waals surface area contributed by atoms with Crippen LogP contribution in [0.3, 0.4) is 0 Å². The smallest absolute Gasteiger partial charge is 0.243 e. The molecule has 1 N–H and O–H groups in total. The standard InChI is InChI=1S/C11H11N5O2S/c12-9-10-11(3-1-4-13-10)19(17,18)15-6-8-16-7-2-5-14-16/h1-5,7,15H,6,8H2. The van der Waals surface area contributed by atoms with Gasteiger partial charge in [-0.15, -0.1) is 0 Å². The SMILES string of the molecule is N#Cc1ncccc1S(=O)(=O)NCCn1cccn1. The Kier molecular flexibility index (Phi) is 3.89. The maximum absolute atomic E-state index is 12.0. The molecule has 0 saturated carbocycles. The zero-order valence-electron chi connectivity index (χ0n) is 9.89. The molecule has 2 aromatic rings. The molecule has 2 rings (SSSR count). The number of hydrogen-bond acceptors (Lipinski definition) is 5. The van der Waals surface area contributed by atoms with Crippen LogP contribution in [0.25, 0.3) is 0 Å². The lowest BCUT2D eigenvalue weighted by molar-refractivity contribution is 0.560. The Morgan fingerprint density at radius 1 is 1.37 bits per heavy atom. The second-order valence-corrected chi connectivity index (χ2v) is 5.36. The predicted molar refractivity (Wildman–Crippen MR) is 66.4 cm³/mol. The fourth-order valence-electron chi connectivity index (χ4n) is 1.50. The quantitative estimate of drug-likeness (QED) is 0.837. The molecule has 2 heterocycles. The normalized spacial score (nSPS) is 11.1. The summed E-state index contributed by atoms with van der Waals surface area (Å²) in [6.07, 6.45) is 4.73. The van der Waals surface area contributed by atoms with Crippen LogP contribution < -0.4 is 4.72 Å². The van der Waals surface area contributed by atoms with E-state index in [4.69, 9.17) is 5.26 Å². The van der Waals surface area contributed by atoms with E-state index in [2.05, 4.69) is 14.8 Å². The number of pyridine rings is 1.